The van der Waals surface area contributed by atoms with Gasteiger partial charge in [0.25, 0.3) is 11.8 Å². The molecule has 2 heterocycles. The van der Waals surface area contributed by atoms with Gasteiger partial charge in [-0.25, -0.2) is 4.39 Å². The molecule has 1 aromatic rings. The summed E-state index contributed by atoms with van der Waals surface area (Å²) in [4.78, 5) is 26.5. The molecule has 5 nitrogen and oxygen atoms in total. The highest BCUT2D eigenvalue weighted by atomic mass is 19.1. The van der Waals surface area contributed by atoms with Crippen molar-refractivity contribution in [2.45, 2.75) is 64.8 Å². The third-order valence-electron chi connectivity index (χ3n) is 5.83. The maximum absolute atomic E-state index is 14.2. The van der Waals surface area contributed by atoms with E-state index in [1.807, 2.05) is 19.9 Å². The molecule has 1 aromatic heterocycles. The summed E-state index contributed by atoms with van der Waals surface area (Å²) in [5.41, 5.74) is 0.657. The molecule has 1 N–H and O–H groups in total. The van der Waals surface area contributed by atoms with Gasteiger partial charge in [0.1, 0.15) is 5.76 Å². The molecule has 1 aliphatic carbocycles. The molecule has 1 saturated carbocycles. The second-order valence-corrected chi connectivity index (χ2v) is 7.64. The van der Waals surface area contributed by atoms with E-state index in [0.717, 1.165) is 37.9 Å². The zero-order valence-electron chi connectivity index (χ0n) is 16.2. The van der Waals surface area contributed by atoms with Gasteiger partial charge in [-0.15, -0.1) is 0 Å². The number of carbonyl (C=O) groups excluding carboxylic acids is 2. The largest absolute Gasteiger partial charge is 0.456 e. The van der Waals surface area contributed by atoms with Gasteiger partial charge < -0.3 is 14.6 Å². The summed E-state index contributed by atoms with van der Waals surface area (Å²) in [6.45, 7) is 5.15. The number of nitrogens with zero attached hydrogens (tertiary/aromatic N) is 1. The van der Waals surface area contributed by atoms with Crippen LogP contribution in [0.3, 0.4) is 0 Å². The first-order valence-corrected chi connectivity index (χ1v) is 10.1. The highest BCUT2D eigenvalue weighted by molar-refractivity contribution is 5.92. The number of halogens is 1. The van der Waals surface area contributed by atoms with Crippen LogP contribution < -0.4 is 5.32 Å². The molecule has 3 rings (SSSR count). The maximum atomic E-state index is 14.2. The van der Waals surface area contributed by atoms with Gasteiger partial charge in [0, 0.05) is 25.6 Å². The maximum Gasteiger partial charge on any atom is 0.289 e. The highest BCUT2D eigenvalue weighted by Crippen LogP contribution is 2.28. The van der Waals surface area contributed by atoms with Gasteiger partial charge in [0.2, 0.25) is 0 Å². The summed E-state index contributed by atoms with van der Waals surface area (Å²) in [5, 5.41) is 2.82. The molecular formula is C21H29FN2O3. The number of aryl methyl sites for hydroxylation is 1. The van der Waals surface area contributed by atoms with Gasteiger partial charge in [-0.05, 0) is 69.1 Å². The number of furan rings is 1. The van der Waals surface area contributed by atoms with E-state index in [4.69, 9.17) is 4.42 Å². The van der Waals surface area contributed by atoms with E-state index in [-0.39, 0.29) is 17.9 Å². The van der Waals surface area contributed by atoms with Gasteiger partial charge >= 0.3 is 0 Å². The quantitative estimate of drug-likeness (QED) is 0.790. The first kappa shape index (κ1) is 19.6. The first-order chi connectivity index (χ1) is 13.0. The summed E-state index contributed by atoms with van der Waals surface area (Å²) in [6.07, 6.45) is 5.65. The number of hydrogen-bond acceptors (Lipinski definition) is 3. The predicted octanol–water partition coefficient (Wildman–Crippen LogP) is 4.00. The van der Waals surface area contributed by atoms with Crippen molar-refractivity contribution < 1.29 is 18.4 Å². The summed E-state index contributed by atoms with van der Waals surface area (Å²) >= 11 is 0. The minimum absolute atomic E-state index is 0.0816. The van der Waals surface area contributed by atoms with Crippen molar-refractivity contribution >= 4 is 11.8 Å². The van der Waals surface area contributed by atoms with E-state index in [1.54, 1.807) is 11.0 Å². The Morgan fingerprint density at radius 1 is 1.26 bits per heavy atom. The van der Waals surface area contributed by atoms with Crippen LogP contribution in [0.1, 0.15) is 68.7 Å². The van der Waals surface area contributed by atoms with Crippen molar-refractivity contribution in [1.29, 1.82) is 0 Å². The fraction of sp³-hybridized carbons (Fsp3) is 0.619. The lowest BCUT2D eigenvalue weighted by atomic mass is 9.90. The Balaban J connectivity index is 1.50. The molecule has 27 heavy (non-hydrogen) atoms. The summed E-state index contributed by atoms with van der Waals surface area (Å²) in [6, 6.07) is 3.46. The number of piperidine rings is 1. The summed E-state index contributed by atoms with van der Waals surface area (Å²) < 4.78 is 19.8. The number of allylic oxidation sites excluding steroid dienone is 1. The predicted molar refractivity (Wildman–Crippen MR) is 101 cm³/mol. The van der Waals surface area contributed by atoms with Gasteiger partial charge in [-0.2, -0.15) is 0 Å². The number of hydrogen-bond donors (Lipinski definition) is 1. The molecular weight excluding hydrogens is 347 g/mol. The van der Waals surface area contributed by atoms with E-state index in [9.17, 15) is 14.0 Å². The van der Waals surface area contributed by atoms with Crippen LogP contribution in [0.2, 0.25) is 0 Å². The highest BCUT2D eigenvalue weighted by Gasteiger charge is 2.29. The Morgan fingerprint density at radius 3 is 2.52 bits per heavy atom. The van der Waals surface area contributed by atoms with Gasteiger partial charge in [-0.3, -0.25) is 9.59 Å². The van der Waals surface area contributed by atoms with E-state index < -0.39 is 11.7 Å². The standard InChI is InChI=1S/C21H29FN2O3/c1-3-17-8-9-18(27-17)21(26)24-12-10-15(11-13-24)14(2)23-20(25)19(22)16-6-4-5-7-16/h8-9,14-15H,3-7,10-13H2,1-2H3,(H,23,25)/t14-/m1/s1. The zero-order valence-corrected chi connectivity index (χ0v) is 16.2. The Hall–Kier alpha value is -2.11. The average molecular weight is 376 g/mol. The minimum Gasteiger partial charge on any atom is -0.456 e. The van der Waals surface area contributed by atoms with Gasteiger partial charge in [0.05, 0.1) is 0 Å². The lowest BCUT2D eigenvalue weighted by Gasteiger charge is -2.34. The fourth-order valence-electron chi connectivity index (χ4n) is 4.01. The Bertz CT molecular complexity index is 709. The van der Waals surface area contributed by atoms with Crippen LogP contribution in [-0.4, -0.2) is 35.8 Å². The van der Waals surface area contributed by atoms with Crippen LogP contribution in [0.5, 0.6) is 0 Å². The van der Waals surface area contributed by atoms with Crippen molar-refractivity contribution in [1.82, 2.24) is 10.2 Å². The smallest absolute Gasteiger partial charge is 0.289 e. The molecule has 6 heteroatoms. The third-order valence-corrected chi connectivity index (χ3v) is 5.83. The third kappa shape index (κ3) is 4.60. The molecule has 0 aromatic carbocycles. The molecule has 0 spiro atoms. The van der Waals surface area contributed by atoms with Crippen LogP contribution in [0.15, 0.2) is 27.9 Å². The Labute approximate surface area is 160 Å². The van der Waals surface area contributed by atoms with Crippen LogP contribution in [-0.2, 0) is 11.2 Å². The van der Waals surface area contributed by atoms with Crippen LogP contribution in [0, 0.1) is 5.92 Å². The second kappa shape index (κ2) is 8.72. The molecule has 2 amide bonds. The molecule has 2 aliphatic rings. The number of rotatable bonds is 5. The second-order valence-electron chi connectivity index (χ2n) is 7.64. The summed E-state index contributed by atoms with van der Waals surface area (Å²) in [5.74, 6) is 0.182. The number of carbonyl (C=O) groups is 2. The van der Waals surface area contributed by atoms with E-state index in [2.05, 4.69) is 5.32 Å². The van der Waals surface area contributed by atoms with Crippen LogP contribution in [0.25, 0.3) is 0 Å². The van der Waals surface area contributed by atoms with Crippen LogP contribution in [0.4, 0.5) is 4.39 Å². The van der Waals surface area contributed by atoms with Crippen molar-refractivity contribution in [2.24, 2.45) is 5.92 Å². The lowest BCUT2D eigenvalue weighted by Crippen LogP contribution is -2.45. The fourth-order valence-corrected chi connectivity index (χ4v) is 4.01. The van der Waals surface area contributed by atoms with E-state index >= 15 is 0 Å². The van der Waals surface area contributed by atoms with Crippen molar-refractivity contribution in [3.63, 3.8) is 0 Å². The molecule has 2 fully saturated rings. The molecule has 1 saturated heterocycles. The summed E-state index contributed by atoms with van der Waals surface area (Å²) in [7, 11) is 0. The molecule has 148 valence electrons. The molecule has 1 aliphatic heterocycles. The Morgan fingerprint density at radius 2 is 1.93 bits per heavy atom. The number of likely N-dealkylation sites (tertiary alicyclic amines) is 1. The minimum atomic E-state index is -0.587. The SMILES string of the molecule is CCc1ccc(C(=O)N2CCC([C@@H](C)NC(=O)C(F)=C3CCCC3)CC2)o1. The van der Waals surface area contributed by atoms with Crippen molar-refractivity contribution in [3.05, 3.63) is 35.1 Å². The molecule has 1 atom stereocenters. The van der Waals surface area contributed by atoms with Crippen molar-refractivity contribution in [2.75, 3.05) is 13.1 Å². The normalized spacial score (nSPS) is 19.2. The molecule has 0 unspecified atom stereocenters. The zero-order chi connectivity index (χ0) is 19.4. The van der Waals surface area contributed by atoms with Crippen molar-refractivity contribution in [3.8, 4) is 0 Å². The van der Waals surface area contributed by atoms with E-state index in [0.29, 0.717) is 37.3 Å². The monoisotopic (exact) mass is 376 g/mol. The average Bonchev–Trinajstić information content (AvgIpc) is 3.38. The van der Waals surface area contributed by atoms with Crippen LogP contribution >= 0.6 is 0 Å². The molecule has 0 bridgehead atoms. The van der Waals surface area contributed by atoms with Gasteiger partial charge in [0.15, 0.2) is 11.6 Å². The van der Waals surface area contributed by atoms with Gasteiger partial charge in [-0.1, -0.05) is 6.92 Å². The topological polar surface area (TPSA) is 62.6 Å². The molecule has 0 radical (unpaired) electrons. The van der Waals surface area contributed by atoms with E-state index in [1.165, 1.54) is 0 Å². The Kier molecular flexibility index (Phi) is 6.34. The number of amides is 2. The first-order valence-electron chi connectivity index (χ1n) is 10.1. The number of nitrogens with one attached hydrogen (secondary N) is 1. The lowest BCUT2D eigenvalue weighted by molar-refractivity contribution is -0.120.